The molecular formula is C18H17N3O. The van der Waals surface area contributed by atoms with Gasteiger partial charge in [-0.1, -0.05) is 48.5 Å². The minimum atomic E-state index is 0.0200. The van der Waals surface area contributed by atoms with E-state index < -0.39 is 0 Å². The molecule has 0 bridgehead atoms. The minimum absolute atomic E-state index is 0.0200. The number of aromatic nitrogens is 2. The lowest BCUT2D eigenvalue weighted by Crippen LogP contribution is -2.25. The highest BCUT2D eigenvalue weighted by Crippen LogP contribution is 2.13. The Hall–Kier alpha value is -2.88. The quantitative estimate of drug-likeness (QED) is 0.785. The summed E-state index contributed by atoms with van der Waals surface area (Å²) < 4.78 is 1.94. The summed E-state index contributed by atoms with van der Waals surface area (Å²) >= 11 is 0. The van der Waals surface area contributed by atoms with Gasteiger partial charge in [-0.25, -0.2) is 4.98 Å². The van der Waals surface area contributed by atoms with Crippen molar-refractivity contribution in [1.29, 1.82) is 0 Å². The van der Waals surface area contributed by atoms with Crippen molar-refractivity contribution in [3.05, 3.63) is 84.4 Å². The highest BCUT2D eigenvalue weighted by Gasteiger charge is 2.06. The van der Waals surface area contributed by atoms with Crippen LogP contribution in [0.1, 0.15) is 11.1 Å². The Morgan fingerprint density at radius 2 is 1.82 bits per heavy atom. The average molecular weight is 291 g/mol. The van der Waals surface area contributed by atoms with Crippen LogP contribution in [0.25, 0.3) is 5.69 Å². The first-order chi connectivity index (χ1) is 10.8. The van der Waals surface area contributed by atoms with Gasteiger partial charge in [0.05, 0.1) is 18.4 Å². The van der Waals surface area contributed by atoms with Gasteiger partial charge >= 0.3 is 0 Å². The second kappa shape index (κ2) is 6.72. The van der Waals surface area contributed by atoms with Crippen molar-refractivity contribution in [1.82, 2.24) is 14.9 Å². The molecule has 0 spiro atoms. The van der Waals surface area contributed by atoms with Crippen LogP contribution < -0.4 is 5.32 Å². The fourth-order valence-corrected chi connectivity index (χ4v) is 2.35. The van der Waals surface area contributed by atoms with Gasteiger partial charge in [0.15, 0.2) is 0 Å². The van der Waals surface area contributed by atoms with Crippen molar-refractivity contribution in [2.75, 3.05) is 0 Å². The van der Waals surface area contributed by atoms with Crippen LogP contribution in [0.5, 0.6) is 0 Å². The first-order valence-corrected chi connectivity index (χ1v) is 7.20. The molecule has 0 saturated heterocycles. The zero-order valence-electron chi connectivity index (χ0n) is 12.1. The molecule has 0 aliphatic carbocycles. The number of rotatable bonds is 5. The molecule has 3 rings (SSSR count). The van der Waals surface area contributed by atoms with Crippen molar-refractivity contribution in [2.45, 2.75) is 13.0 Å². The topological polar surface area (TPSA) is 46.9 Å². The largest absolute Gasteiger partial charge is 0.352 e. The molecule has 0 unspecified atom stereocenters. The molecule has 1 aromatic heterocycles. The summed E-state index contributed by atoms with van der Waals surface area (Å²) in [5.74, 6) is 0.0200. The molecule has 4 heteroatoms. The van der Waals surface area contributed by atoms with Gasteiger partial charge in [-0.2, -0.15) is 0 Å². The second-order valence-electron chi connectivity index (χ2n) is 5.04. The molecule has 0 saturated carbocycles. The zero-order valence-corrected chi connectivity index (χ0v) is 12.1. The predicted octanol–water partition coefficient (Wildman–Crippen LogP) is 2.73. The number of imidazole rings is 1. The molecular weight excluding hydrogens is 274 g/mol. The van der Waals surface area contributed by atoms with E-state index >= 15 is 0 Å². The van der Waals surface area contributed by atoms with E-state index in [-0.39, 0.29) is 5.91 Å². The predicted molar refractivity (Wildman–Crippen MR) is 85.6 cm³/mol. The Kier molecular flexibility index (Phi) is 4.30. The van der Waals surface area contributed by atoms with Crippen LogP contribution in [0.4, 0.5) is 0 Å². The third-order valence-corrected chi connectivity index (χ3v) is 3.46. The number of hydrogen-bond acceptors (Lipinski definition) is 2. The Labute approximate surface area is 129 Å². The van der Waals surface area contributed by atoms with Gasteiger partial charge in [0, 0.05) is 18.9 Å². The van der Waals surface area contributed by atoms with Crippen LogP contribution in [0.3, 0.4) is 0 Å². The fraction of sp³-hybridized carbons (Fsp3) is 0.111. The van der Waals surface area contributed by atoms with E-state index in [1.54, 1.807) is 12.5 Å². The molecule has 0 fully saturated rings. The van der Waals surface area contributed by atoms with E-state index in [2.05, 4.69) is 10.3 Å². The number of amides is 1. The molecule has 4 nitrogen and oxygen atoms in total. The highest BCUT2D eigenvalue weighted by molar-refractivity contribution is 5.78. The monoisotopic (exact) mass is 291 g/mol. The van der Waals surface area contributed by atoms with Crippen LogP contribution in [-0.2, 0) is 17.8 Å². The normalized spacial score (nSPS) is 10.4. The maximum Gasteiger partial charge on any atom is 0.224 e. The molecule has 0 aliphatic heterocycles. The van der Waals surface area contributed by atoms with Crippen LogP contribution >= 0.6 is 0 Å². The molecule has 0 radical (unpaired) electrons. The molecule has 22 heavy (non-hydrogen) atoms. The molecule has 1 N–H and O–H groups in total. The molecule has 3 aromatic rings. The summed E-state index contributed by atoms with van der Waals surface area (Å²) in [6.07, 6.45) is 5.79. The molecule has 0 aliphatic rings. The van der Waals surface area contributed by atoms with Gasteiger partial charge in [-0.15, -0.1) is 0 Å². The lowest BCUT2D eigenvalue weighted by molar-refractivity contribution is -0.120. The van der Waals surface area contributed by atoms with Gasteiger partial charge in [-0.3, -0.25) is 4.79 Å². The highest BCUT2D eigenvalue weighted by atomic mass is 16.1. The van der Waals surface area contributed by atoms with Gasteiger partial charge < -0.3 is 9.88 Å². The lowest BCUT2D eigenvalue weighted by atomic mass is 10.1. The summed E-state index contributed by atoms with van der Waals surface area (Å²) in [5.41, 5.74) is 3.10. The lowest BCUT2D eigenvalue weighted by Gasteiger charge is -2.11. The molecule has 2 aromatic carbocycles. The SMILES string of the molecule is O=C(Cc1ccccc1)NCc1ccccc1-n1ccnc1. The Balaban J connectivity index is 1.66. The minimum Gasteiger partial charge on any atom is -0.352 e. The summed E-state index contributed by atoms with van der Waals surface area (Å²) in [5, 5.41) is 2.98. The number of hydrogen-bond donors (Lipinski definition) is 1. The van der Waals surface area contributed by atoms with E-state index in [0.29, 0.717) is 13.0 Å². The van der Waals surface area contributed by atoms with E-state index in [9.17, 15) is 4.79 Å². The fourth-order valence-electron chi connectivity index (χ4n) is 2.35. The van der Waals surface area contributed by atoms with Crippen molar-refractivity contribution in [3.63, 3.8) is 0 Å². The van der Waals surface area contributed by atoms with Crippen LogP contribution in [0.15, 0.2) is 73.3 Å². The third kappa shape index (κ3) is 3.41. The molecule has 110 valence electrons. The summed E-state index contributed by atoms with van der Waals surface area (Å²) in [6, 6.07) is 17.7. The van der Waals surface area contributed by atoms with Crippen molar-refractivity contribution in [3.8, 4) is 5.69 Å². The van der Waals surface area contributed by atoms with Crippen LogP contribution in [0, 0.1) is 0 Å². The number of carbonyl (C=O) groups excluding carboxylic acids is 1. The Morgan fingerprint density at radius 1 is 1.05 bits per heavy atom. The number of nitrogens with zero attached hydrogens (tertiary/aromatic N) is 2. The Bertz CT molecular complexity index is 736. The maximum absolute atomic E-state index is 12.1. The van der Waals surface area contributed by atoms with E-state index in [1.807, 2.05) is 65.4 Å². The van der Waals surface area contributed by atoms with Crippen LogP contribution in [-0.4, -0.2) is 15.5 Å². The molecule has 1 amide bonds. The molecule has 1 heterocycles. The number of benzene rings is 2. The Morgan fingerprint density at radius 3 is 2.59 bits per heavy atom. The first kappa shape index (κ1) is 14.1. The maximum atomic E-state index is 12.1. The summed E-state index contributed by atoms with van der Waals surface area (Å²) in [7, 11) is 0. The van der Waals surface area contributed by atoms with Crippen LogP contribution in [0.2, 0.25) is 0 Å². The second-order valence-corrected chi connectivity index (χ2v) is 5.04. The van der Waals surface area contributed by atoms with Gasteiger partial charge in [-0.05, 0) is 17.2 Å². The van der Waals surface area contributed by atoms with E-state index in [1.165, 1.54) is 0 Å². The van der Waals surface area contributed by atoms with E-state index in [0.717, 1.165) is 16.8 Å². The van der Waals surface area contributed by atoms with Gasteiger partial charge in [0.1, 0.15) is 0 Å². The van der Waals surface area contributed by atoms with Crippen molar-refractivity contribution < 1.29 is 4.79 Å². The number of para-hydroxylation sites is 1. The van der Waals surface area contributed by atoms with E-state index in [4.69, 9.17) is 0 Å². The van der Waals surface area contributed by atoms with Crippen molar-refractivity contribution >= 4 is 5.91 Å². The first-order valence-electron chi connectivity index (χ1n) is 7.20. The zero-order chi connectivity index (χ0) is 15.2. The van der Waals surface area contributed by atoms with Crippen molar-refractivity contribution in [2.24, 2.45) is 0 Å². The number of nitrogens with one attached hydrogen (secondary N) is 1. The summed E-state index contributed by atoms with van der Waals surface area (Å²) in [6.45, 7) is 0.500. The number of carbonyl (C=O) groups is 1. The molecule has 0 atom stereocenters. The summed E-state index contributed by atoms with van der Waals surface area (Å²) in [4.78, 5) is 16.1. The smallest absolute Gasteiger partial charge is 0.224 e. The average Bonchev–Trinajstić information content (AvgIpc) is 3.08. The van der Waals surface area contributed by atoms with Gasteiger partial charge in [0.25, 0.3) is 0 Å². The third-order valence-electron chi connectivity index (χ3n) is 3.46. The van der Waals surface area contributed by atoms with Gasteiger partial charge in [0.2, 0.25) is 5.91 Å². The standard InChI is InChI=1S/C18H17N3O/c22-18(12-15-6-2-1-3-7-15)20-13-16-8-4-5-9-17(16)21-11-10-19-14-21/h1-11,14H,12-13H2,(H,20,22).